The molecule has 0 saturated carbocycles. The third kappa shape index (κ3) is 5.20. The smallest absolute Gasteiger partial charge is 0.331 e. The van der Waals surface area contributed by atoms with Gasteiger partial charge in [0.15, 0.2) is 6.61 Å². The van der Waals surface area contributed by atoms with E-state index in [1.54, 1.807) is 19.3 Å². The molecule has 0 fully saturated rings. The largest absolute Gasteiger partial charge is 0.497 e. The third-order valence-corrected chi connectivity index (χ3v) is 4.13. The highest BCUT2D eigenvalue weighted by atomic mass is 16.5. The quantitative estimate of drug-likeness (QED) is 0.514. The van der Waals surface area contributed by atoms with E-state index in [0.29, 0.717) is 5.69 Å². The van der Waals surface area contributed by atoms with Crippen molar-refractivity contribution in [2.75, 3.05) is 19.0 Å². The van der Waals surface area contributed by atoms with Crippen LogP contribution >= 0.6 is 0 Å². The number of esters is 1. The summed E-state index contributed by atoms with van der Waals surface area (Å²) in [6.07, 6.45) is 2.97. The number of nitrogens with one attached hydrogen (secondary N) is 1. The second-order valence-electron chi connectivity index (χ2n) is 6.33. The van der Waals surface area contributed by atoms with Crippen LogP contribution in [0.4, 0.5) is 5.69 Å². The Balaban J connectivity index is 1.54. The van der Waals surface area contributed by atoms with Crippen LogP contribution in [0.1, 0.15) is 11.1 Å². The summed E-state index contributed by atoms with van der Waals surface area (Å²) in [5, 5.41) is 4.77. The number of carbonyl (C=O) groups excluding carboxylic acids is 2. The molecule has 5 nitrogen and oxygen atoms in total. The van der Waals surface area contributed by atoms with Crippen LogP contribution in [-0.4, -0.2) is 25.6 Å². The number of hydrogen-bond acceptors (Lipinski definition) is 4. The lowest BCUT2D eigenvalue weighted by molar-refractivity contribution is -0.142. The van der Waals surface area contributed by atoms with Gasteiger partial charge in [-0.2, -0.15) is 0 Å². The molecule has 0 bridgehead atoms. The molecular weight excluding hydrogens is 354 g/mol. The summed E-state index contributed by atoms with van der Waals surface area (Å²) in [4.78, 5) is 23.7. The molecule has 0 aliphatic heterocycles. The molecule has 28 heavy (non-hydrogen) atoms. The van der Waals surface area contributed by atoms with Gasteiger partial charge in [0.2, 0.25) is 0 Å². The minimum atomic E-state index is -0.575. The van der Waals surface area contributed by atoms with Crippen molar-refractivity contribution in [1.29, 1.82) is 0 Å². The number of carbonyl (C=O) groups is 2. The zero-order valence-electron chi connectivity index (χ0n) is 15.8. The van der Waals surface area contributed by atoms with Crippen LogP contribution in [0.25, 0.3) is 16.8 Å². The van der Waals surface area contributed by atoms with Crippen LogP contribution in [-0.2, 0) is 14.3 Å². The van der Waals surface area contributed by atoms with Crippen LogP contribution in [0.3, 0.4) is 0 Å². The predicted octanol–water partition coefficient (Wildman–Crippen LogP) is 4.35. The van der Waals surface area contributed by atoms with E-state index >= 15 is 0 Å². The zero-order chi connectivity index (χ0) is 19.9. The normalized spacial score (nSPS) is 10.8. The van der Waals surface area contributed by atoms with E-state index in [9.17, 15) is 9.59 Å². The Morgan fingerprint density at radius 3 is 2.57 bits per heavy atom. The number of methoxy groups -OCH3 is 1. The molecule has 0 unspecified atom stereocenters. The van der Waals surface area contributed by atoms with E-state index in [1.165, 1.54) is 6.08 Å². The van der Waals surface area contributed by atoms with Crippen LogP contribution in [0, 0.1) is 6.92 Å². The molecule has 142 valence electrons. The maximum absolute atomic E-state index is 11.9. The average Bonchev–Trinajstić information content (AvgIpc) is 2.70. The number of ether oxygens (including phenoxy) is 2. The van der Waals surface area contributed by atoms with Crippen LogP contribution < -0.4 is 10.1 Å². The molecule has 0 aliphatic carbocycles. The zero-order valence-corrected chi connectivity index (χ0v) is 15.8. The second kappa shape index (κ2) is 8.86. The molecule has 3 rings (SSSR count). The number of hydrogen-bond donors (Lipinski definition) is 1. The summed E-state index contributed by atoms with van der Waals surface area (Å²) in [6, 6.07) is 19.0. The Hall–Kier alpha value is -3.60. The Morgan fingerprint density at radius 1 is 1.00 bits per heavy atom. The van der Waals surface area contributed by atoms with Gasteiger partial charge in [-0.05, 0) is 65.2 Å². The molecule has 0 saturated heterocycles. The van der Waals surface area contributed by atoms with Gasteiger partial charge in [0.05, 0.1) is 7.11 Å². The van der Waals surface area contributed by atoms with Crippen molar-refractivity contribution in [2.45, 2.75) is 6.92 Å². The summed E-state index contributed by atoms with van der Waals surface area (Å²) < 4.78 is 10.2. The van der Waals surface area contributed by atoms with Crippen molar-refractivity contribution in [2.24, 2.45) is 0 Å². The minimum absolute atomic E-state index is 0.339. The lowest BCUT2D eigenvalue weighted by Crippen LogP contribution is -2.20. The third-order valence-electron chi connectivity index (χ3n) is 4.13. The molecule has 0 heterocycles. The van der Waals surface area contributed by atoms with E-state index < -0.39 is 5.97 Å². The van der Waals surface area contributed by atoms with Crippen LogP contribution in [0.15, 0.2) is 66.7 Å². The van der Waals surface area contributed by atoms with Gasteiger partial charge in [-0.1, -0.05) is 30.3 Å². The number of fused-ring (bicyclic) bond motifs is 1. The van der Waals surface area contributed by atoms with Gasteiger partial charge in [0.25, 0.3) is 5.91 Å². The highest BCUT2D eigenvalue weighted by molar-refractivity contribution is 5.95. The number of rotatable bonds is 6. The highest BCUT2D eigenvalue weighted by Crippen LogP contribution is 2.22. The second-order valence-corrected chi connectivity index (χ2v) is 6.33. The first kappa shape index (κ1) is 19.2. The Morgan fingerprint density at radius 2 is 1.79 bits per heavy atom. The van der Waals surface area contributed by atoms with Crippen molar-refractivity contribution in [3.05, 3.63) is 77.9 Å². The van der Waals surface area contributed by atoms with Gasteiger partial charge in [0, 0.05) is 11.8 Å². The number of aryl methyl sites for hydroxylation is 1. The van der Waals surface area contributed by atoms with Crippen molar-refractivity contribution in [3.63, 3.8) is 0 Å². The Bertz CT molecular complexity index is 1040. The highest BCUT2D eigenvalue weighted by Gasteiger charge is 2.06. The van der Waals surface area contributed by atoms with Crippen LogP contribution in [0.5, 0.6) is 5.75 Å². The van der Waals surface area contributed by atoms with Gasteiger partial charge in [-0.25, -0.2) is 4.79 Å². The molecule has 0 aliphatic rings. The van der Waals surface area contributed by atoms with Crippen molar-refractivity contribution < 1.29 is 19.1 Å². The van der Waals surface area contributed by atoms with E-state index in [-0.39, 0.29) is 12.5 Å². The first-order valence-electron chi connectivity index (χ1n) is 8.83. The van der Waals surface area contributed by atoms with Crippen molar-refractivity contribution in [3.8, 4) is 5.75 Å². The summed E-state index contributed by atoms with van der Waals surface area (Å²) >= 11 is 0. The maximum atomic E-state index is 11.9. The molecule has 0 atom stereocenters. The number of amides is 1. The molecule has 0 radical (unpaired) electrons. The van der Waals surface area contributed by atoms with Crippen molar-refractivity contribution >= 4 is 34.4 Å². The molecule has 3 aromatic rings. The average molecular weight is 375 g/mol. The fourth-order valence-electron chi connectivity index (χ4n) is 2.74. The lowest BCUT2D eigenvalue weighted by Gasteiger charge is -2.06. The van der Waals surface area contributed by atoms with E-state index in [2.05, 4.69) is 5.32 Å². The molecular formula is C23H21NO4. The lowest BCUT2D eigenvalue weighted by atomic mass is 10.1. The first-order chi connectivity index (χ1) is 13.5. The maximum Gasteiger partial charge on any atom is 0.331 e. The first-order valence-corrected chi connectivity index (χ1v) is 8.83. The summed E-state index contributed by atoms with van der Waals surface area (Å²) in [6.45, 7) is 1.60. The van der Waals surface area contributed by atoms with E-state index in [0.717, 1.165) is 27.6 Å². The predicted molar refractivity (Wildman–Crippen MR) is 110 cm³/mol. The molecule has 1 amide bonds. The van der Waals surface area contributed by atoms with Gasteiger partial charge in [0.1, 0.15) is 5.75 Å². The number of benzene rings is 3. The Kier molecular flexibility index (Phi) is 6.07. The summed E-state index contributed by atoms with van der Waals surface area (Å²) in [5.74, 6) is -0.162. The fourth-order valence-corrected chi connectivity index (χ4v) is 2.74. The monoisotopic (exact) mass is 375 g/mol. The van der Waals surface area contributed by atoms with Crippen LogP contribution in [0.2, 0.25) is 0 Å². The number of anilines is 1. The van der Waals surface area contributed by atoms with E-state index in [1.807, 2.05) is 61.5 Å². The van der Waals surface area contributed by atoms with Gasteiger partial charge in [-0.3, -0.25) is 4.79 Å². The SMILES string of the molecule is COc1ccc2cc(/C=C/C(=O)OCC(=O)Nc3cccc(C)c3)ccc2c1. The molecule has 0 spiro atoms. The van der Waals surface area contributed by atoms with E-state index in [4.69, 9.17) is 9.47 Å². The molecule has 1 N–H and O–H groups in total. The molecule has 3 aromatic carbocycles. The summed E-state index contributed by atoms with van der Waals surface area (Å²) in [5.41, 5.74) is 2.56. The van der Waals surface area contributed by atoms with Crippen molar-refractivity contribution in [1.82, 2.24) is 0 Å². The van der Waals surface area contributed by atoms with Gasteiger partial charge >= 0.3 is 5.97 Å². The molecule has 5 heteroatoms. The van der Waals surface area contributed by atoms with Gasteiger partial charge in [-0.15, -0.1) is 0 Å². The standard InChI is InChI=1S/C23H21NO4/c1-16-4-3-5-20(12-16)24-22(25)15-28-23(26)11-7-17-6-8-19-14-21(27-2)10-9-18(19)13-17/h3-14H,15H2,1-2H3,(H,24,25)/b11-7+. The fraction of sp³-hybridized carbons (Fsp3) is 0.130. The molecule has 0 aromatic heterocycles. The van der Waals surface area contributed by atoms with Gasteiger partial charge < -0.3 is 14.8 Å². The summed E-state index contributed by atoms with van der Waals surface area (Å²) in [7, 11) is 1.63. The topological polar surface area (TPSA) is 64.6 Å². The Labute approximate surface area is 163 Å². The minimum Gasteiger partial charge on any atom is -0.497 e.